The van der Waals surface area contributed by atoms with Crippen molar-refractivity contribution in [2.75, 3.05) is 13.0 Å². The lowest BCUT2D eigenvalue weighted by Gasteiger charge is -2.08. The molecule has 0 fully saturated rings. The Morgan fingerprint density at radius 3 is 2.34 bits per heavy atom. The normalized spacial score (nSPS) is 13.7. The Morgan fingerprint density at radius 1 is 0.966 bits per heavy atom. The van der Waals surface area contributed by atoms with Crippen LogP contribution in [0.5, 0.6) is 11.5 Å². The molecule has 0 saturated heterocycles. The second-order valence-electron chi connectivity index (χ2n) is 6.72. The van der Waals surface area contributed by atoms with E-state index in [1.165, 1.54) is 16.8 Å². The first-order chi connectivity index (χ1) is 13.8. The molecule has 0 N–H and O–H groups in total. The number of rotatable bonds is 3. The molecule has 0 saturated carbocycles. The van der Waals surface area contributed by atoms with Gasteiger partial charge in [0.2, 0.25) is 6.79 Å². The maximum atomic E-state index is 13.7. The van der Waals surface area contributed by atoms with Gasteiger partial charge in [-0.05, 0) is 48.5 Å². The van der Waals surface area contributed by atoms with Crippen molar-refractivity contribution in [1.82, 2.24) is 9.78 Å². The summed E-state index contributed by atoms with van der Waals surface area (Å²) in [5.41, 5.74) is 0.620. The first-order valence-corrected chi connectivity index (χ1v) is 10.6. The fourth-order valence-electron chi connectivity index (χ4n) is 3.59. The second kappa shape index (κ2) is 6.15. The second-order valence-corrected chi connectivity index (χ2v) is 8.74. The van der Waals surface area contributed by atoms with E-state index in [2.05, 4.69) is 5.10 Å². The van der Waals surface area contributed by atoms with Gasteiger partial charge in [0.1, 0.15) is 5.69 Å². The van der Waals surface area contributed by atoms with Crippen LogP contribution < -0.4 is 9.47 Å². The first-order valence-electron chi connectivity index (χ1n) is 8.67. The molecular formula is C20H14F2N2O4S. The molecule has 5 rings (SSSR count). The molecule has 1 aliphatic rings. The molecule has 1 aliphatic heterocycles. The van der Waals surface area contributed by atoms with E-state index in [4.69, 9.17) is 9.47 Å². The zero-order chi connectivity index (χ0) is 20.3. The average Bonchev–Trinajstić information content (AvgIpc) is 3.32. The van der Waals surface area contributed by atoms with Crippen LogP contribution in [0.2, 0.25) is 0 Å². The molecule has 0 atom stereocenters. The van der Waals surface area contributed by atoms with E-state index in [9.17, 15) is 17.2 Å². The number of fused-ring (bicyclic) bond motifs is 5. The monoisotopic (exact) mass is 416 g/mol. The minimum absolute atomic E-state index is 0.0982. The number of ether oxygens (including phenoxy) is 2. The zero-order valence-corrected chi connectivity index (χ0v) is 15.9. The van der Waals surface area contributed by atoms with Crippen molar-refractivity contribution in [3.05, 3.63) is 54.2 Å². The number of hydrogen-bond donors (Lipinski definition) is 0. The van der Waals surface area contributed by atoms with Crippen molar-refractivity contribution in [2.45, 2.75) is 11.3 Å². The van der Waals surface area contributed by atoms with Gasteiger partial charge >= 0.3 is 0 Å². The van der Waals surface area contributed by atoms with Crippen molar-refractivity contribution in [2.24, 2.45) is 0 Å². The molecule has 0 spiro atoms. The van der Waals surface area contributed by atoms with Crippen LogP contribution in [0, 0.1) is 0 Å². The summed E-state index contributed by atoms with van der Waals surface area (Å²) in [6, 6.07) is 12.8. The molecule has 0 radical (unpaired) electrons. The Kier molecular flexibility index (Phi) is 3.79. The van der Waals surface area contributed by atoms with Crippen LogP contribution in [0.15, 0.2) is 53.4 Å². The lowest BCUT2D eigenvalue weighted by molar-refractivity contribution is 0.147. The summed E-state index contributed by atoms with van der Waals surface area (Å²) < 4.78 is 63.1. The number of benzene rings is 3. The maximum Gasteiger partial charge on any atom is 0.282 e. The third kappa shape index (κ3) is 2.72. The molecule has 4 aromatic rings. The summed E-state index contributed by atoms with van der Waals surface area (Å²) in [4.78, 5) is 0.139. The summed E-state index contributed by atoms with van der Waals surface area (Å²) >= 11 is 0. The van der Waals surface area contributed by atoms with Crippen molar-refractivity contribution in [3.8, 4) is 17.2 Å². The van der Waals surface area contributed by atoms with Crippen molar-refractivity contribution in [1.29, 1.82) is 0 Å². The molecule has 148 valence electrons. The molecule has 3 aromatic carbocycles. The summed E-state index contributed by atoms with van der Waals surface area (Å²) in [6.07, 6.45) is -1.66. The van der Waals surface area contributed by atoms with Crippen LogP contribution >= 0.6 is 0 Å². The smallest absolute Gasteiger partial charge is 0.282 e. The summed E-state index contributed by atoms with van der Waals surface area (Å²) in [7, 11) is -3.37. The minimum Gasteiger partial charge on any atom is -0.454 e. The number of aromatic nitrogens is 2. The fourth-order valence-corrected chi connectivity index (χ4v) is 4.22. The largest absolute Gasteiger partial charge is 0.454 e. The molecule has 0 aliphatic carbocycles. The van der Waals surface area contributed by atoms with Gasteiger partial charge in [0, 0.05) is 22.4 Å². The van der Waals surface area contributed by atoms with Crippen LogP contribution in [-0.2, 0) is 9.84 Å². The van der Waals surface area contributed by atoms with E-state index in [0.717, 1.165) is 11.6 Å². The topological polar surface area (TPSA) is 70.4 Å². The van der Waals surface area contributed by atoms with Crippen molar-refractivity contribution < 1.29 is 26.7 Å². The highest BCUT2D eigenvalue weighted by Gasteiger charge is 2.24. The third-order valence-electron chi connectivity index (χ3n) is 4.92. The SMILES string of the molecule is CS(=O)(=O)c1ccc(-n2nc(C(F)F)c3ccc4c5c(ccc4c32)OCO5)cc1. The lowest BCUT2D eigenvalue weighted by atomic mass is 10.0. The Hall–Kier alpha value is -3.20. The summed E-state index contributed by atoms with van der Waals surface area (Å²) in [6.45, 7) is 0.0982. The molecule has 29 heavy (non-hydrogen) atoms. The van der Waals surface area contributed by atoms with Crippen molar-refractivity contribution >= 4 is 31.5 Å². The highest BCUT2D eigenvalue weighted by molar-refractivity contribution is 7.90. The Balaban J connectivity index is 1.83. The van der Waals surface area contributed by atoms with E-state index in [-0.39, 0.29) is 17.4 Å². The summed E-state index contributed by atoms with van der Waals surface area (Å²) in [5.74, 6) is 1.15. The molecule has 2 heterocycles. The van der Waals surface area contributed by atoms with Gasteiger partial charge in [0.15, 0.2) is 21.3 Å². The standard InChI is InChI=1S/C20H14F2N2O4S/c1-29(25,26)12-4-2-11(3-5-12)24-18-13-8-9-16-19(28-10-27-16)14(13)6-7-15(18)17(23-24)20(21)22/h2-9,20H,10H2,1H3. The average molecular weight is 416 g/mol. The molecule has 9 heteroatoms. The highest BCUT2D eigenvalue weighted by Crippen LogP contribution is 2.43. The van der Waals surface area contributed by atoms with Crippen LogP contribution in [-0.4, -0.2) is 31.2 Å². The zero-order valence-electron chi connectivity index (χ0n) is 15.1. The van der Waals surface area contributed by atoms with Gasteiger partial charge in [0.05, 0.1) is 16.1 Å². The Bertz CT molecular complexity index is 1380. The number of hydrogen-bond acceptors (Lipinski definition) is 5. The van der Waals surface area contributed by atoms with Crippen LogP contribution in [0.4, 0.5) is 8.78 Å². The maximum absolute atomic E-state index is 13.7. The van der Waals surface area contributed by atoms with E-state index in [1.54, 1.807) is 36.4 Å². The molecular weight excluding hydrogens is 402 g/mol. The molecule has 6 nitrogen and oxygen atoms in total. The van der Waals surface area contributed by atoms with Gasteiger partial charge in [-0.15, -0.1) is 0 Å². The molecule has 0 bridgehead atoms. The number of alkyl halides is 2. The van der Waals surface area contributed by atoms with Gasteiger partial charge in [-0.3, -0.25) is 0 Å². The van der Waals surface area contributed by atoms with Crippen molar-refractivity contribution in [3.63, 3.8) is 0 Å². The Labute approximate surface area is 164 Å². The number of nitrogens with zero attached hydrogens (tertiary/aromatic N) is 2. The van der Waals surface area contributed by atoms with E-state index < -0.39 is 16.3 Å². The minimum atomic E-state index is -3.37. The fraction of sp³-hybridized carbons (Fsp3) is 0.150. The van der Waals surface area contributed by atoms with Gasteiger partial charge in [-0.25, -0.2) is 21.9 Å². The predicted molar refractivity (Wildman–Crippen MR) is 103 cm³/mol. The number of sulfone groups is 1. The van der Waals surface area contributed by atoms with Crippen LogP contribution in [0.25, 0.3) is 27.4 Å². The van der Waals surface area contributed by atoms with Crippen LogP contribution in [0.3, 0.4) is 0 Å². The van der Waals surface area contributed by atoms with Gasteiger partial charge < -0.3 is 9.47 Å². The lowest BCUT2D eigenvalue weighted by Crippen LogP contribution is -2.01. The Morgan fingerprint density at radius 2 is 1.66 bits per heavy atom. The highest BCUT2D eigenvalue weighted by atomic mass is 32.2. The van der Waals surface area contributed by atoms with Gasteiger partial charge in [-0.1, -0.05) is 0 Å². The summed E-state index contributed by atoms with van der Waals surface area (Å²) in [5, 5.41) is 5.86. The molecule has 0 unspecified atom stereocenters. The quantitative estimate of drug-likeness (QED) is 0.499. The van der Waals surface area contributed by atoms with E-state index in [0.29, 0.717) is 33.5 Å². The predicted octanol–water partition coefficient (Wildman–Crippen LogP) is 4.25. The third-order valence-corrected chi connectivity index (χ3v) is 6.04. The van der Waals surface area contributed by atoms with E-state index >= 15 is 0 Å². The number of halogens is 2. The van der Waals surface area contributed by atoms with Crippen LogP contribution in [0.1, 0.15) is 12.1 Å². The molecule has 0 amide bonds. The van der Waals surface area contributed by atoms with Gasteiger partial charge in [0.25, 0.3) is 6.43 Å². The first kappa shape index (κ1) is 17.9. The molecule has 1 aromatic heterocycles. The van der Waals surface area contributed by atoms with Gasteiger partial charge in [-0.2, -0.15) is 5.10 Å². The van der Waals surface area contributed by atoms with E-state index in [1.807, 2.05) is 0 Å².